The van der Waals surface area contributed by atoms with Gasteiger partial charge in [0.15, 0.2) is 0 Å². The fraction of sp³-hybridized carbons (Fsp3) is 0.786. The molecule has 0 amide bonds. The maximum absolute atomic E-state index is 6.30. The number of piperazine rings is 1. The van der Waals surface area contributed by atoms with Crippen molar-refractivity contribution in [3.63, 3.8) is 0 Å². The molecule has 5 nitrogen and oxygen atoms in total. The molecule has 0 bridgehead atoms. The summed E-state index contributed by atoms with van der Waals surface area (Å²) in [5.74, 6) is 1.13. The van der Waals surface area contributed by atoms with Crippen molar-refractivity contribution in [3.05, 3.63) is 18.2 Å². The molecule has 0 aromatic carbocycles. The van der Waals surface area contributed by atoms with Gasteiger partial charge in [0.05, 0.1) is 0 Å². The molecule has 1 aromatic rings. The van der Waals surface area contributed by atoms with Gasteiger partial charge in [-0.15, -0.1) is 0 Å². The first-order valence-electron chi connectivity index (χ1n) is 7.17. The van der Waals surface area contributed by atoms with Gasteiger partial charge in [0.1, 0.15) is 5.82 Å². The first-order valence-corrected chi connectivity index (χ1v) is 7.17. The normalized spacial score (nSPS) is 23.7. The highest BCUT2D eigenvalue weighted by atomic mass is 15.3. The van der Waals surface area contributed by atoms with E-state index >= 15 is 0 Å². The van der Waals surface area contributed by atoms with Crippen LogP contribution in [0, 0.1) is 0 Å². The number of imidazole rings is 1. The fourth-order valence-electron chi connectivity index (χ4n) is 2.78. The highest BCUT2D eigenvalue weighted by Gasteiger charge is 2.23. The molecule has 2 heterocycles. The van der Waals surface area contributed by atoms with Gasteiger partial charge in [0, 0.05) is 57.6 Å². The third kappa shape index (κ3) is 4.03. The maximum Gasteiger partial charge on any atom is 0.108 e. The number of likely N-dealkylation sites (N-methyl/N-ethyl adjacent to an activating group) is 2. The third-order valence-corrected chi connectivity index (χ3v) is 4.21. The SMILES string of the molecule is CN1CCN(C)C(CC(N)CCc2nccn2C)C1. The Morgan fingerprint density at radius 1 is 1.37 bits per heavy atom. The van der Waals surface area contributed by atoms with Crippen LogP contribution in [0.15, 0.2) is 12.4 Å². The summed E-state index contributed by atoms with van der Waals surface area (Å²) >= 11 is 0. The Kier molecular flexibility index (Phi) is 4.96. The molecule has 1 aliphatic rings. The monoisotopic (exact) mass is 265 g/mol. The lowest BCUT2D eigenvalue weighted by atomic mass is 10.0. The molecule has 2 atom stereocenters. The van der Waals surface area contributed by atoms with E-state index in [-0.39, 0.29) is 6.04 Å². The van der Waals surface area contributed by atoms with Crippen LogP contribution in [0.25, 0.3) is 0 Å². The van der Waals surface area contributed by atoms with Crippen molar-refractivity contribution in [2.75, 3.05) is 33.7 Å². The number of aromatic nitrogens is 2. The van der Waals surface area contributed by atoms with Crippen LogP contribution in [-0.2, 0) is 13.5 Å². The third-order valence-electron chi connectivity index (χ3n) is 4.21. The lowest BCUT2D eigenvalue weighted by molar-refractivity contribution is 0.103. The minimum Gasteiger partial charge on any atom is -0.338 e. The summed E-state index contributed by atoms with van der Waals surface area (Å²) in [5, 5.41) is 0. The molecule has 1 saturated heterocycles. The second kappa shape index (κ2) is 6.50. The maximum atomic E-state index is 6.30. The van der Waals surface area contributed by atoms with Crippen LogP contribution in [0.1, 0.15) is 18.7 Å². The fourth-order valence-corrected chi connectivity index (χ4v) is 2.78. The van der Waals surface area contributed by atoms with Crippen molar-refractivity contribution in [1.29, 1.82) is 0 Å². The number of hydrogen-bond acceptors (Lipinski definition) is 4. The molecule has 2 rings (SSSR count). The number of nitrogens with zero attached hydrogens (tertiary/aromatic N) is 4. The summed E-state index contributed by atoms with van der Waals surface area (Å²) in [5.41, 5.74) is 6.30. The van der Waals surface area contributed by atoms with Crippen LogP contribution in [-0.4, -0.2) is 65.2 Å². The van der Waals surface area contributed by atoms with Crippen molar-refractivity contribution in [2.24, 2.45) is 12.8 Å². The predicted octanol–water partition coefficient (Wildman–Crippen LogP) is 0.316. The summed E-state index contributed by atoms with van der Waals surface area (Å²) in [6.45, 7) is 3.44. The quantitative estimate of drug-likeness (QED) is 0.833. The van der Waals surface area contributed by atoms with Gasteiger partial charge in [0.25, 0.3) is 0 Å². The predicted molar refractivity (Wildman–Crippen MR) is 78.0 cm³/mol. The van der Waals surface area contributed by atoms with Crippen LogP contribution < -0.4 is 5.73 Å². The average molecular weight is 265 g/mol. The molecule has 1 aromatic heterocycles. The number of nitrogens with two attached hydrogens (primary N) is 1. The Labute approximate surface area is 116 Å². The first kappa shape index (κ1) is 14.5. The largest absolute Gasteiger partial charge is 0.338 e. The van der Waals surface area contributed by atoms with Crippen molar-refractivity contribution >= 4 is 0 Å². The molecular formula is C14H27N5. The van der Waals surface area contributed by atoms with Gasteiger partial charge >= 0.3 is 0 Å². The van der Waals surface area contributed by atoms with Gasteiger partial charge in [0.2, 0.25) is 0 Å². The second-order valence-corrected chi connectivity index (χ2v) is 5.89. The molecule has 0 aliphatic carbocycles. The molecule has 0 radical (unpaired) electrons. The Morgan fingerprint density at radius 3 is 2.84 bits per heavy atom. The summed E-state index contributed by atoms with van der Waals surface area (Å²) in [6, 6.07) is 0.853. The molecule has 1 fully saturated rings. The highest BCUT2D eigenvalue weighted by Crippen LogP contribution is 2.13. The van der Waals surface area contributed by atoms with Gasteiger partial charge < -0.3 is 20.1 Å². The van der Waals surface area contributed by atoms with Crippen LogP contribution in [0.5, 0.6) is 0 Å². The molecule has 2 N–H and O–H groups in total. The van der Waals surface area contributed by atoms with Gasteiger partial charge in [-0.05, 0) is 26.9 Å². The lowest BCUT2D eigenvalue weighted by Gasteiger charge is -2.38. The van der Waals surface area contributed by atoms with Gasteiger partial charge in [-0.1, -0.05) is 0 Å². The van der Waals surface area contributed by atoms with Crippen LogP contribution in [0.2, 0.25) is 0 Å². The topological polar surface area (TPSA) is 50.3 Å². The van der Waals surface area contributed by atoms with Gasteiger partial charge in [-0.25, -0.2) is 4.98 Å². The van der Waals surface area contributed by atoms with E-state index < -0.39 is 0 Å². The number of rotatable bonds is 5. The number of hydrogen-bond donors (Lipinski definition) is 1. The molecule has 0 saturated carbocycles. The Morgan fingerprint density at radius 2 is 2.16 bits per heavy atom. The van der Waals surface area contributed by atoms with E-state index in [0.29, 0.717) is 6.04 Å². The van der Waals surface area contributed by atoms with E-state index in [4.69, 9.17) is 5.73 Å². The zero-order chi connectivity index (χ0) is 13.8. The second-order valence-electron chi connectivity index (χ2n) is 5.89. The highest BCUT2D eigenvalue weighted by molar-refractivity contribution is 4.92. The van der Waals surface area contributed by atoms with Gasteiger partial charge in [-0.2, -0.15) is 0 Å². The van der Waals surface area contributed by atoms with Crippen molar-refractivity contribution < 1.29 is 0 Å². The van der Waals surface area contributed by atoms with Crippen molar-refractivity contribution in [1.82, 2.24) is 19.4 Å². The van der Waals surface area contributed by atoms with E-state index in [2.05, 4.69) is 33.4 Å². The average Bonchev–Trinajstić information content (AvgIpc) is 2.77. The molecular weight excluding hydrogens is 238 g/mol. The molecule has 108 valence electrons. The summed E-state index contributed by atoms with van der Waals surface area (Å²) < 4.78 is 2.08. The molecule has 1 aliphatic heterocycles. The minimum absolute atomic E-state index is 0.260. The van der Waals surface area contributed by atoms with E-state index in [1.54, 1.807) is 0 Å². The van der Waals surface area contributed by atoms with E-state index in [0.717, 1.165) is 44.7 Å². The van der Waals surface area contributed by atoms with Gasteiger partial charge in [-0.3, -0.25) is 0 Å². The van der Waals surface area contributed by atoms with Crippen LogP contribution in [0.4, 0.5) is 0 Å². The van der Waals surface area contributed by atoms with Crippen LogP contribution >= 0.6 is 0 Å². The number of aryl methyl sites for hydroxylation is 2. The smallest absolute Gasteiger partial charge is 0.108 e. The summed E-state index contributed by atoms with van der Waals surface area (Å²) in [4.78, 5) is 9.19. The summed E-state index contributed by atoms with van der Waals surface area (Å²) in [7, 11) is 6.44. The lowest BCUT2D eigenvalue weighted by Crippen LogP contribution is -2.51. The van der Waals surface area contributed by atoms with E-state index in [9.17, 15) is 0 Å². The summed E-state index contributed by atoms with van der Waals surface area (Å²) in [6.07, 6.45) is 6.90. The molecule has 19 heavy (non-hydrogen) atoms. The van der Waals surface area contributed by atoms with Crippen LogP contribution in [0.3, 0.4) is 0 Å². The molecule has 2 unspecified atom stereocenters. The standard InChI is InChI=1S/C14H27N5/c1-17-8-9-18(2)13(11-17)10-12(15)4-5-14-16-6-7-19(14)3/h6-7,12-13H,4-5,8-11,15H2,1-3H3. The van der Waals surface area contributed by atoms with Crippen molar-refractivity contribution in [2.45, 2.75) is 31.3 Å². The molecule has 0 spiro atoms. The Bertz CT molecular complexity index is 389. The first-order chi connectivity index (χ1) is 9.06. The zero-order valence-corrected chi connectivity index (χ0v) is 12.4. The Hall–Kier alpha value is -0.910. The molecule has 5 heteroatoms. The minimum atomic E-state index is 0.260. The van der Waals surface area contributed by atoms with Crippen molar-refractivity contribution in [3.8, 4) is 0 Å². The Balaban J connectivity index is 1.77. The zero-order valence-electron chi connectivity index (χ0n) is 12.4. The van der Waals surface area contributed by atoms with E-state index in [1.165, 1.54) is 0 Å². The van der Waals surface area contributed by atoms with E-state index in [1.807, 2.05) is 19.4 Å².